The van der Waals surface area contributed by atoms with Gasteiger partial charge < -0.3 is 15.5 Å². The molecule has 0 atom stereocenters. The second kappa shape index (κ2) is 7.14. The molecule has 1 fully saturated rings. The molecular formula is C19H28N4O2. The summed E-state index contributed by atoms with van der Waals surface area (Å²) in [5.74, 6) is 0.120. The van der Waals surface area contributed by atoms with E-state index in [2.05, 4.69) is 11.0 Å². The number of fused-ring (bicyclic) bond motifs is 1. The smallest absolute Gasteiger partial charge is 0.242 e. The summed E-state index contributed by atoms with van der Waals surface area (Å²) in [7, 11) is 0. The van der Waals surface area contributed by atoms with E-state index >= 15 is 0 Å². The molecule has 0 spiro atoms. The van der Waals surface area contributed by atoms with Crippen molar-refractivity contribution in [2.45, 2.75) is 32.2 Å². The van der Waals surface area contributed by atoms with Crippen molar-refractivity contribution < 1.29 is 9.59 Å². The maximum Gasteiger partial charge on any atom is 0.242 e. The lowest BCUT2D eigenvalue weighted by Gasteiger charge is -2.38. The Morgan fingerprint density at radius 3 is 2.44 bits per heavy atom. The first-order chi connectivity index (χ1) is 11.9. The Balaban J connectivity index is 1.56. The zero-order valence-electron chi connectivity index (χ0n) is 15.2. The zero-order valence-corrected chi connectivity index (χ0v) is 15.2. The first kappa shape index (κ1) is 17.9. The maximum atomic E-state index is 12.8. The van der Waals surface area contributed by atoms with Gasteiger partial charge in [0.15, 0.2) is 0 Å². The molecule has 0 saturated carbocycles. The average molecular weight is 344 g/mol. The Morgan fingerprint density at radius 2 is 1.76 bits per heavy atom. The molecule has 2 amide bonds. The van der Waals surface area contributed by atoms with Gasteiger partial charge in [0.1, 0.15) is 0 Å². The molecule has 2 N–H and O–H groups in total. The molecule has 0 unspecified atom stereocenters. The predicted octanol–water partition coefficient (Wildman–Crippen LogP) is 0.847. The molecule has 0 bridgehead atoms. The molecule has 6 heteroatoms. The van der Waals surface area contributed by atoms with E-state index in [1.54, 1.807) is 18.7 Å². The van der Waals surface area contributed by atoms with E-state index in [0.717, 1.165) is 25.1 Å². The van der Waals surface area contributed by atoms with E-state index in [4.69, 9.17) is 5.73 Å². The van der Waals surface area contributed by atoms with Crippen LogP contribution in [0, 0.1) is 0 Å². The number of carbonyl (C=O) groups is 2. The molecule has 1 saturated heterocycles. The summed E-state index contributed by atoms with van der Waals surface area (Å²) >= 11 is 0. The molecule has 1 aromatic carbocycles. The number of hydrogen-bond donors (Lipinski definition) is 1. The van der Waals surface area contributed by atoms with Crippen molar-refractivity contribution in [3.63, 3.8) is 0 Å². The Hall–Kier alpha value is -1.92. The van der Waals surface area contributed by atoms with E-state index in [0.29, 0.717) is 32.7 Å². The van der Waals surface area contributed by atoms with Crippen LogP contribution in [0.1, 0.15) is 25.8 Å². The summed E-state index contributed by atoms with van der Waals surface area (Å²) in [5.41, 5.74) is 7.37. The van der Waals surface area contributed by atoms with E-state index in [1.165, 1.54) is 5.56 Å². The molecule has 6 nitrogen and oxygen atoms in total. The van der Waals surface area contributed by atoms with Crippen molar-refractivity contribution >= 4 is 17.5 Å². The van der Waals surface area contributed by atoms with Gasteiger partial charge in [0, 0.05) is 38.4 Å². The summed E-state index contributed by atoms with van der Waals surface area (Å²) in [6.07, 6.45) is 2.05. The maximum absolute atomic E-state index is 12.8. The third-order valence-corrected chi connectivity index (χ3v) is 4.98. The largest absolute Gasteiger partial charge is 0.339 e. The van der Waals surface area contributed by atoms with Crippen LogP contribution >= 0.6 is 0 Å². The number of carbonyl (C=O) groups excluding carboxylic acids is 2. The fourth-order valence-electron chi connectivity index (χ4n) is 3.59. The SMILES string of the molecule is CC(C)(N)C(=O)N1CCN(CC(=O)N2CCCc3ccccc32)CC1. The number of amides is 2. The highest BCUT2D eigenvalue weighted by Gasteiger charge is 2.31. The van der Waals surface area contributed by atoms with E-state index in [-0.39, 0.29) is 11.8 Å². The fourth-order valence-corrected chi connectivity index (χ4v) is 3.59. The van der Waals surface area contributed by atoms with Crippen molar-refractivity contribution in [3.8, 4) is 0 Å². The highest BCUT2D eigenvalue weighted by Crippen LogP contribution is 2.26. The Bertz CT molecular complexity index is 645. The number of piperazine rings is 1. The molecule has 25 heavy (non-hydrogen) atoms. The van der Waals surface area contributed by atoms with Crippen LogP contribution in [-0.2, 0) is 16.0 Å². The van der Waals surface area contributed by atoms with Gasteiger partial charge in [-0.15, -0.1) is 0 Å². The third-order valence-electron chi connectivity index (χ3n) is 4.98. The summed E-state index contributed by atoms with van der Waals surface area (Å²) < 4.78 is 0. The van der Waals surface area contributed by atoms with Crippen molar-refractivity contribution in [1.82, 2.24) is 9.80 Å². The Labute approximate surface area is 149 Å². The number of anilines is 1. The van der Waals surface area contributed by atoms with Crippen LogP contribution in [0.2, 0.25) is 0 Å². The van der Waals surface area contributed by atoms with Crippen LogP contribution in [0.5, 0.6) is 0 Å². The van der Waals surface area contributed by atoms with Crippen LogP contribution in [0.4, 0.5) is 5.69 Å². The normalized spacial score (nSPS) is 18.8. The molecule has 136 valence electrons. The van der Waals surface area contributed by atoms with Crippen molar-refractivity contribution in [3.05, 3.63) is 29.8 Å². The standard InChI is InChI=1S/C19H28N4O2/c1-19(2,20)18(25)22-12-10-21(11-13-22)14-17(24)23-9-5-7-15-6-3-4-8-16(15)23/h3-4,6,8H,5,7,9-14,20H2,1-2H3. The molecule has 3 rings (SSSR count). The first-order valence-corrected chi connectivity index (χ1v) is 9.05. The van der Waals surface area contributed by atoms with Crippen molar-refractivity contribution in [2.24, 2.45) is 5.73 Å². The summed E-state index contributed by atoms with van der Waals surface area (Å²) in [4.78, 5) is 30.9. The number of rotatable bonds is 3. The van der Waals surface area contributed by atoms with Crippen molar-refractivity contribution in [1.29, 1.82) is 0 Å². The number of nitrogens with zero attached hydrogens (tertiary/aromatic N) is 3. The highest BCUT2D eigenvalue weighted by molar-refractivity contribution is 5.96. The minimum atomic E-state index is -0.838. The molecule has 2 aliphatic rings. The van der Waals surface area contributed by atoms with Gasteiger partial charge >= 0.3 is 0 Å². The number of para-hydroxylation sites is 1. The molecule has 1 aromatic rings. The number of aryl methyl sites for hydroxylation is 1. The topological polar surface area (TPSA) is 69.9 Å². The molecule has 0 radical (unpaired) electrons. The van der Waals surface area contributed by atoms with Crippen LogP contribution < -0.4 is 10.6 Å². The van der Waals surface area contributed by atoms with Gasteiger partial charge in [-0.05, 0) is 38.3 Å². The lowest BCUT2D eigenvalue weighted by molar-refractivity contribution is -0.137. The zero-order chi connectivity index (χ0) is 18.0. The van der Waals surface area contributed by atoms with E-state index in [1.807, 2.05) is 23.1 Å². The van der Waals surface area contributed by atoms with E-state index < -0.39 is 5.54 Å². The summed E-state index contributed by atoms with van der Waals surface area (Å²) in [5, 5.41) is 0. The van der Waals surface area contributed by atoms with Gasteiger partial charge in [0.25, 0.3) is 0 Å². The minimum Gasteiger partial charge on any atom is -0.339 e. The minimum absolute atomic E-state index is 0.0246. The van der Waals surface area contributed by atoms with Gasteiger partial charge in [-0.25, -0.2) is 0 Å². The van der Waals surface area contributed by atoms with Crippen molar-refractivity contribution in [2.75, 3.05) is 44.2 Å². The van der Waals surface area contributed by atoms with Gasteiger partial charge in [-0.3, -0.25) is 14.5 Å². The van der Waals surface area contributed by atoms with Gasteiger partial charge in [-0.1, -0.05) is 18.2 Å². The Kier molecular flexibility index (Phi) is 5.11. The molecule has 0 aliphatic carbocycles. The summed E-state index contributed by atoms with van der Waals surface area (Å²) in [6, 6.07) is 8.16. The predicted molar refractivity (Wildman–Crippen MR) is 98.4 cm³/mol. The second-order valence-electron chi connectivity index (χ2n) is 7.57. The average Bonchev–Trinajstić information content (AvgIpc) is 2.60. The van der Waals surface area contributed by atoms with Crippen LogP contribution in [0.25, 0.3) is 0 Å². The van der Waals surface area contributed by atoms with Gasteiger partial charge in [-0.2, -0.15) is 0 Å². The molecule has 0 aromatic heterocycles. The quantitative estimate of drug-likeness (QED) is 0.882. The highest BCUT2D eigenvalue weighted by atomic mass is 16.2. The molecule has 2 aliphatic heterocycles. The van der Waals surface area contributed by atoms with Crippen LogP contribution in [-0.4, -0.2) is 66.4 Å². The molecule has 2 heterocycles. The van der Waals surface area contributed by atoms with Gasteiger partial charge in [0.2, 0.25) is 11.8 Å². The fraction of sp³-hybridized carbons (Fsp3) is 0.579. The summed E-state index contributed by atoms with van der Waals surface area (Å²) in [6.45, 7) is 7.34. The van der Waals surface area contributed by atoms with Crippen LogP contribution in [0.3, 0.4) is 0 Å². The number of hydrogen-bond acceptors (Lipinski definition) is 4. The second-order valence-corrected chi connectivity index (χ2v) is 7.57. The monoisotopic (exact) mass is 344 g/mol. The first-order valence-electron chi connectivity index (χ1n) is 9.05. The lowest BCUT2D eigenvalue weighted by atomic mass is 10.0. The number of benzene rings is 1. The van der Waals surface area contributed by atoms with Crippen LogP contribution in [0.15, 0.2) is 24.3 Å². The van der Waals surface area contributed by atoms with Gasteiger partial charge in [0.05, 0.1) is 12.1 Å². The number of nitrogens with two attached hydrogens (primary N) is 1. The van der Waals surface area contributed by atoms with E-state index in [9.17, 15) is 9.59 Å². The third kappa shape index (κ3) is 4.02. The molecular weight excluding hydrogens is 316 g/mol. The lowest BCUT2D eigenvalue weighted by Crippen LogP contribution is -2.58. The Morgan fingerprint density at radius 1 is 1.08 bits per heavy atom.